The molecule has 0 aliphatic rings. The normalized spacial score (nSPS) is 10.2. The topological polar surface area (TPSA) is 59.5 Å². The molecule has 0 saturated carbocycles. The van der Waals surface area contributed by atoms with Gasteiger partial charge in [-0.1, -0.05) is 12.2 Å². The number of carbonyl (C=O) groups is 1. The maximum atomic E-state index is 12.1. The number of anilines is 1. The molecule has 0 unspecified atom stereocenters. The van der Waals surface area contributed by atoms with Crippen LogP contribution in [-0.4, -0.2) is 17.9 Å². The minimum atomic E-state index is 0.0319. The van der Waals surface area contributed by atoms with Crippen molar-refractivity contribution in [3.63, 3.8) is 0 Å². The van der Waals surface area contributed by atoms with Gasteiger partial charge in [-0.2, -0.15) is 0 Å². The molecule has 0 bridgehead atoms. The van der Waals surface area contributed by atoms with E-state index < -0.39 is 0 Å². The predicted molar refractivity (Wildman–Crippen MR) is 82.8 cm³/mol. The SMILES string of the molecule is CN(C(=O)CCc1ccco1)c1ccc(C(N)=S)cc1. The van der Waals surface area contributed by atoms with Crippen molar-refractivity contribution < 1.29 is 9.21 Å². The monoisotopic (exact) mass is 288 g/mol. The number of furan rings is 1. The third-order valence-electron chi connectivity index (χ3n) is 3.08. The molecule has 0 aliphatic heterocycles. The van der Waals surface area contributed by atoms with Crippen LogP contribution in [0.25, 0.3) is 0 Å². The molecular formula is C15H16N2O2S. The van der Waals surface area contributed by atoms with Gasteiger partial charge >= 0.3 is 0 Å². The number of nitrogens with zero attached hydrogens (tertiary/aromatic N) is 1. The Labute approximate surface area is 123 Å². The first-order valence-electron chi connectivity index (χ1n) is 6.26. The van der Waals surface area contributed by atoms with Crippen LogP contribution >= 0.6 is 12.2 Å². The highest BCUT2D eigenvalue weighted by Gasteiger charge is 2.11. The summed E-state index contributed by atoms with van der Waals surface area (Å²) in [5, 5.41) is 0. The maximum Gasteiger partial charge on any atom is 0.227 e. The predicted octanol–water partition coefficient (Wildman–Crippen LogP) is 2.51. The number of hydrogen-bond acceptors (Lipinski definition) is 3. The molecular weight excluding hydrogens is 272 g/mol. The smallest absolute Gasteiger partial charge is 0.227 e. The lowest BCUT2D eigenvalue weighted by atomic mass is 10.2. The van der Waals surface area contributed by atoms with Crippen molar-refractivity contribution in [2.75, 3.05) is 11.9 Å². The number of amides is 1. The largest absolute Gasteiger partial charge is 0.469 e. The number of carbonyl (C=O) groups excluding carboxylic acids is 1. The molecule has 0 aliphatic carbocycles. The van der Waals surface area contributed by atoms with E-state index in [1.165, 1.54) is 0 Å². The summed E-state index contributed by atoms with van der Waals surface area (Å²) in [6, 6.07) is 11.0. The first-order valence-corrected chi connectivity index (χ1v) is 6.67. The van der Waals surface area contributed by atoms with Crippen LogP contribution in [0.2, 0.25) is 0 Å². The van der Waals surface area contributed by atoms with Crippen LogP contribution in [0, 0.1) is 0 Å². The fraction of sp³-hybridized carbons (Fsp3) is 0.200. The van der Waals surface area contributed by atoms with E-state index in [9.17, 15) is 4.79 Å². The van der Waals surface area contributed by atoms with Gasteiger partial charge in [0.15, 0.2) is 0 Å². The highest BCUT2D eigenvalue weighted by atomic mass is 32.1. The summed E-state index contributed by atoms with van der Waals surface area (Å²) in [4.78, 5) is 14.1. The summed E-state index contributed by atoms with van der Waals surface area (Å²) in [7, 11) is 1.75. The first-order chi connectivity index (χ1) is 9.58. The summed E-state index contributed by atoms with van der Waals surface area (Å²) in [5.41, 5.74) is 7.15. The highest BCUT2D eigenvalue weighted by molar-refractivity contribution is 7.80. The number of aryl methyl sites for hydroxylation is 1. The van der Waals surface area contributed by atoms with E-state index in [0.717, 1.165) is 17.0 Å². The summed E-state index contributed by atoms with van der Waals surface area (Å²) < 4.78 is 5.21. The second kappa shape index (κ2) is 6.34. The Hall–Kier alpha value is -2.14. The van der Waals surface area contributed by atoms with E-state index in [4.69, 9.17) is 22.4 Å². The molecule has 1 amide bonds. The quantitative estimate of drug-likeness (QED) is 0.859. The van der Waals surface area contributed by atoms with E-state index in [-0.39, 0.29) is 5.91 Å². The molecule has 2 aromatic rings. The van der Waals surface area contributed by atoms with Crippen LogP contribution in [0.3, 0.4) is 0 Å². The van der Waals surface area contributed by atoms with Gasteiger partial charge in [-0.05, 0) is 36.4 Å². The van der Waals surface area contributed by atoms with Gasteiger partial charge in [0.25, 0.3) is 0 Å². The highest BCUT2D eigenvalue weighted by Crippen LogP contribution is 2.15. The van der Waals surface area contributed by atoms with Gasteiger partial charge in [0.1, 0.15) is 10.7 Å². The molecule has 0 fully saturated rings. The number of benzene rings is 1. The fourth-order valence-electron chi connectivity index (χ4n) is 1.85. The third kappa shape index (κ3) is 3.45. The second-order valence-electron chi connectivity index (χ2n) is 4.44. The number of hydrogen-bond donors (Lipinski definition) is 1. The van der Waals surface area contributed by atoms with Crippen molar-refractivity contribution in [1.29, 1.82) is 0 Å². The lowest BCUT2D eigenvalue weighted by Crippen LogP contribution is -2.26. The first kappa shape index (κ1) is 14.3. The molecule has 5 heteroatoms. The summed E-state index contributed by atoms with van der Waals surface area (Å²) >= 11 is 4.90. The molecule has 0 spiro atoms. The number of thiocarbonyl (C=S) groups is 1. The molecule has 1 aromatic carbocycles. The lowest BCUT2D eigenvalue weighted by molar-refractivity contribution is -0.118. The van der Waals surface area contributed by atoms with Crippen LogP contribution < -0.4 is 10.6 Å². The Kier molecular flexibility index (Phi) is 4.53. The molecule has 2 rings (SSSR count). The molecule has 2 N–H and O–H groups in total. The van der Waals surface area contributed by atoms with Gasteiger partial charge in [-0.3, -0.25) is 4.79 Å². The Morgan fingerprint density at radius 3 is 2.55 bits per heavy atom. The zero-order valence-electron chi connectivity index (χ0n) is 11.2. The minimum Gasteiger partial charge on any atom is -0.469 e. The second-order valence-corrected chi connectivity index (χ2v) is 4.88. The van der Waals surface area contributed by atoms with Crippen molar-refractivity contribution in [3.8, 4) is 0 Å². The van der Waals surface area contributed by atoms with Crippen molar-refractivity contribution in [2.45, 2.75) is 12.8 Å². The summed E-state index contributed by atoms with van der Waals surface area (Å²) in [6.45, 7) is 0. The standard InChI is InChI=1S/C15H16N2O2S/c1-17(12-6-4-11(5-7-12)15(16)20)14(18)9-8-13-3-2-10-19-13/h2-7,10H,8-9H2,1H3,(H2,16,20). The molecule has 0 saturated heterocycles. The van der Waals surface area contributed by atoms with Gasteiger partial charge < -0.3 is 15.1 Å². The van der Waals surface area contributed by atoms with Crippen LogP contribution in [0.15, 0.2) is 47.1 Å². The number of rotatable bonds is 5. The van der Waals surface area contributed by atoms with E-state index in [1.54, 1.807) is 18.2 Å². The Bertz CT molecular complexity index is 591. The van der Waals surface area contributed by atoms with E-state index in [2.05, 4.69) is 0 Å². The third-order valence-corrected chi connectivity index (χ3v) is 3.31. The fourth-order valence-corrected chi connectivity index (χ4v) is 1.98. The number of nitrogens with two attached hydrogens (primary N) is 1. The van der Waals surface area contributed by atoms with Crippen molar-refractivity contribution >= 4 is 28.8 Å². The van der Waals surface area contributed by atoms with Crippen molar-refractivity contribution in [3.05, 3.63) is 54.0 Å². The lowest BCUT2D eigenvalue weighted by Gasteiger charge is -2.17. The van der Waals surface area contributed by atoms with Crippen molar-refractivity contribution in [1.82, 2.24) is 0 Å². The molecule has 1 heterocycles. The van der Waals surface area contributed by atoms with E-state index in [1.807, 2.05) is 36.4 Å². The average Bonchev–Trinajstić information content (AvgIpc) is 2.97. The zero-order chi connectivity index (χ0) is 14.5. The van der Waals surface area contributed by atoms with E-state index in [0.29, 0.717) is 17.8 Å². The van der Waals surface area contributed by atoms with Gasteiger partial charge in [0, 0.05) is 31.1 Å². The minimum absolute atomic E-state index is 0.0319. The Morgan fingerprint density at radius 1 is 1.30 bits per heavy atom. The summed E-state index contributed by atoms with van der Waals surface area (Å²) in [6.07, 6.45) is 2.61. The molecule has 1 aromatic heterocycles. The molecule has 0 atom stereocenters. The van der Waals surface area contributed by atoms with E-state index >= 15 is 0 Å². The maximum absolute atomic E-state index is 12.1. The average molecular weight is 288 g/mol. The van der Waals surface area contributed by atoms with Gasteiger partial charge in [-0.15, -0.1) is 0 Å². The summed E-state index contributed by atoms with van der Waals surface area (Å²) in [5.74, 6) is 0.847. The van der Waals surface area contributed by atoms with Crippen LogP contribution in [0.1, 0.15) is 17.7 Å². The van der Waals surface area contributed by atoms with Crippen LogP contribution in [0.5, 0.6) is 0 Å². The molecule has 0 radical (unpaired) electrons. The van der Waals surface area contributed by atoms with Crippen LogP contribution in [0.4, 0.5) is 5.69 Å². The Balaban J connectivity index is 1.97. The van der Waals surface area contributed by atoms with Gasteiger partial charge in [-0.25, -0.2) is 0 Å². The molecule has 20 heavy (non-hydrogen) atoms. The van der Waals surface area contributed by atoms with Gasteiger partial charge in [0.2, 0.25) is 5.91 Å². The van der Waals surface area contributed by atoms with Crippen molar-refractivity contribution in [2.24, 2.45) is 5.73 Å². The van der Waals surface area contributed by atoms with Crippen LogP contribution in [-0.2, 0) is 11.2 Å². The van der Waals surface area contributed by atoms with Gasteiger partial charge in [0.05, 0.1) is 6.26 Å². The molecule has 104 valence electrons. The molecule has 4 nitrogen and oxygen atoms in total. The zero-order valence-corrected chi connectivity index (χ0v) is 12.0. The Morgan fingerprint density at radius 2 is 2.00 bits per heavy atom.